The van der Waals surface area contributed by atoms with Gasteiger partial charge in [0.25, 0.3) is 11.8 Å². The van der Waals surface area contributed by atoms with Crippen molar-refractivity contribution in [2.24, 2.45) is 0 Å². The van der Waals surface area contributed by atoms with Gasteiger partial charge in [0.1, 0.15) is 6.04 Å². The monoisotopic (exact) mass is 376 g/mol. The Labute approximate surface area is 162 Å². The van der Waals surface area contributed by atoms with E-state index in [4.69, 9.17) is 0 Å². The van der Waals surface area contributed by atoms with E-state index in [1.807, 2.05) is 58.8 Å². The Morgan fingerprint density at radius 2 is 1.78 bits per heavy atom. The SMILES string of the molecule is O=C(N[C@@H](C(=O)N1CCCc2ccccc21)c1ccccc1)c1ccsc1. The molecule has 27 heavy (non-hydrogen) atoms. The van der Waals surface area contributed by atoms with E-state index < -0.39 is 6.04 Å². The average Bonchev–Trinajstić information content (AvgIpc) is 3.27. The van der Waals surface area contributed by atoms with Gasteiger partial charge < -0.3 is 10.2 Å². The van der Waals surface area contributed by atoms with Crippen LogP contribution in [0.2, 0.25) is 0 Å². The van der Waals surface area contributed by atoms with Crippen LogP contribution in [0.3, 0.4) is 0 Å². The Balaban J connectivity index is 1.67. The van der Waals surface area contributed by atoms with Crippen LogP contribution in [-0.4, -0.2) is 18.4 Å². The summed E-state index contributed by atoms with van der Waals surface area (Å²) >= 11 is 1.46. The third-order valence-electron chi connectivity index (χ3n) is 4.81. The van der Waals surface area contributed by atoms with Gasteiger partial charge >= 0.3 is 0 Å². The van der Waals surface area contributed by atoms with Gasteiger partial charge in [0.2, 0.25) is 0 Å². The Morgan fingerprint density at radius 1 is 1.00 bits per heavy atom. The molecule has 0 saturated heterocycles. The Hall–Kier alpha value is -2.92. The molecule has 0 aliphatic carbocycles. The summed E-state index contributed by atoms with van der Waals surface area (Å²) < 4.78 is 0. The summed E-state index contributed by atoms with van der Waals surface area (Å²) in [6, 6.07) is 18.5. The summed E-state index contributed by atoms with van der Waals surface area (Å²) in [4.78, 5) is 27.9. The first-order chi connectivity index (χ1) is 13.2. The number of para-hydroxylation sites is 1. The minimum atomic E-state index is -0.718. The minimum Gasteiger partial charge on any atom is -0.336 e. The molecule has 2 amide bonds. The number of carbonyl (C=O) groups excluding carboxylic acids is 2. The van der Waals surface area contributed by atoms with Gasteiger partial charge in [-0.25, -0.2) is 0 Å². The van der Waals surface area contributed by atoms with Gasteiger partial charge in [0.15, 0.2) is 0 Å². The number of aryl methyl sites for hydroxylation is 1. The van der Waals surface area contributed by atoms with E-state index in [0.717, 1.165) is 24.1 Å². The van der Waals surface area contributed by atoms with E-state index in [9.17, 15) is 9.59 Å². The fraction of sp³-hybridized carbons (Fsp3) is 0.182. The fourth-order valence-corrected chi connectivity index (χ4v) is 4.10. The molecule has 0 unspecified atom stereocenters. The number of anilines is 1. The first-order valence-corrected chi connectivity index (χ1v) is 9.95. The molecular weight excluding hydrogens is 356 g/mol. The first-order valence-electron chi connectivity index (χ1n) is 9.01. The standard InChI is InChI=1S/C22H20N2O2S/c25-21(18-12-14-27-15-18)23-20(17-8-2-1-3-9-17)22(26)24-13-6-10-16-7-4-5-11-19(16)24/h1-5,7-9,11-12,14-15,20H,6,10,13H2,(H,23,25)/t20-/m1/s1. The number of hydrogen-bond acceptors (Lipinski definition) is 3. The summed E-state index contributed by atoms with van der Waals surface area (Å²) in [5, 5.41) is 6.59. The van der Waals surface area contributed by atoms with Crippen molar-refractivity contribution in [3.63, 3.8) is 0 Å². The third kappa shape index (κ3) is 3.64. The van der Waals surface area contributed by atoms with Gasteiger partial charge in [-0.05, 0) is 41.5 Å². The Morgan fingerprint density at radius 3 is 2.56 bits per heavy atom. The van der Waals surface area contributed by atoms with Crippen LogP contribution in [-0.2, 0) is 11.2 Å². The largest absolute Gasteiger partial charge is 0.336 e. The molecule has 1 N–H and O–H groups in total. The molecule has 2 aromatic carbocycles. The van der Waals surface area contributed by atoms with Gasteiger partial charge in [-0.3, -0.25) is 9.59 Å². The van der Waals surface area contributed by atoms with Crippen LogP contribution in [0, 0.1) is 0 Å². The normalized spacial score (nSPS) is 14.3. The molecule has 0 spiro atoms. The lowest BCUT2D eigenvalue weighted by atomic mass is 9.99. The number of amides is 2. The van der Waals surface area contributed by atoms with Crippen LogP contribution < -0.4 is 10.2 Å². The second kappa shape index (κ2) is 7.76. The molecule has 1 aliphatic rings. The summed E-state index contributed by atoms with van der Waals surface area (Å²) in [7, 11) is 0. The smallest absolute Gasteiger partial charge is 0.254 e. The van der Waals surface area contributed by atoms with Gasteiger partial charge in [-0.15, -0.1) is 0 Å². The maximum atomic E-state index is 13.5. The Kier molecular flexibility index (Phi) is 5.03. The lowest BCUT2D eigenvalue weighted by Crippen LogP contribution is -2.45. The minimum absolute atomic E-state index is 0.100. The highest BCUT2D eigenvalue weighted by Gasteiger charge is 2.31. The zero-order chi connectivity index (χ0) is 18.6. The predicted octanol–water partition coefficient (Wildman–Crippen LogP) is 4.20. The molecule has 1 atom stereocenters. The van der Waals surface area contributed by atoms with Crippen molar-refractivity contribution in [3.8, 4) is 0 Å². The van der Waals surface area contributed by atoms with Gasteiger partial charge in [-0.2, -0.15) is 11.3 Å². The Bertz CT molecular complexity index is 938. The average molecular weight is 376 g/mol. The van der Waals surface area contributed by atoms with Crippen LogP contribution in [0.25, 0.3) is 0 Å². The number of thiophene rings is 1. The van der Waals surface area contributed by atoms with Crippen molar-refractivity contribution >= 4 is 28.8 Å². The van der Waals surface area contributed by atoms with Gasteiger partial charge in [0.05, 0.1) is 5.56 Å². The molecule has 2 heterocycles. The van der Waals surface area contributed by atoms with Crippen LogP contribution in [0.5, 0.6) is 0 Å². The fourth-order valence-electron chi connectivity index (χ4n) is 3.46. The molecule has 0 saturated carbocycles. The van der Waals surface area contributed by atoms with Crippen molar-refractivity contribution in [3.05, 3.63) is 88.1 Å². The van der Waals surface area contributed by atoms with E-state index in [2.05, 4.69) is 11.4 Å². The number of nitrogens with zero attached hydrogens (tertiary/aromatic N) is 1. The van der Waals surface area contributed by atoms with Crippen molar-refractivity contribution in [2.75, 3.05) is 11.4 Å². The summed E-state index contributed by atoms with van der Waals surface area (Å²) in [5.41, 5.74) is 3.48. The lowest BCUT2D eigenvalue weighted by molar-refractivity contribution is -0.120. The molecule has 1 aromatic heterocycles. The number of nitrogens with one attached hydrogen (secondary N) is 1. The molecule has 4 nitrogen and oxygen atoms in total. The lowest BCUT2D eigenvalue weighted by Gasteiger charge is -2.32. The van der Waals surface area contributed by atoms with Crippen LogP contribution >= 0.6 is 11.3 Å². The van der Waals surface area contributed by atoms with Crippen molar-refractivity contribution in [1.29, 1.82) is 0 Å². The van der Waals surface area contributed by atoms with Gasteiger partial charge in [0, 0.05) is 17.6 Å². The highest BCUT2D eigenvalue weighted by molar-refractivity contribution is 7.08. The van der Waals surface area contributed by atoms with E-state index >= 15 is 0 Å². The van der Waals surface area contributed by atoms with Crippen LogP contribution in [0.15, 0.2) is 71.4 Å². The summed E-state index contributed by atoms with van der Waals surface area (Å²) in [6.45, 7) is 0.660. The number of carbonyl (C=O) groups is 2. The molecule has 3 aromatic rings. The van der Waals surface area contributed by atoms with E-state index in [-0.39, 0.29) is 11.8 Å². The zero-order valence-corrected chi connectivity index (χ0v) is 15.6. The maximum absolute atomic E-state index is 13.5. The molecule has 0 bridgehead atoms. The zero-order valence-electron chi connectivity index (χ0n) is 14.8. The van der Waals surface area contributed by atoms with Gasteiger partial charge in [-0.1, -0.05) is 48.5 Å². The van der Waals surface area contributed by atoms with Crippen LogP contribution in [0.4, 0.5) is 5.69 Å². The molecule has 136 valence electrons. The summed E-state index contributed by atoms with van der Waals surface area (Å²) in [5.74, 6) is -0.333. The van der Waals surface area contributed by atoms with E-state index in [1.165, 1.54) is 16.9 Å². The molecule has 4 rings (SSSR count). The number of benzene rings is 2. The maximum Gasteiger partial charge on any atom is 0.254 e. The second-order valence-corrected chi connectivity index (χ2v) is 7.33. The third-order valence-corrected chi connectivity index (χ3v) is 5.50. The van der Waals surface area contributed by atoms with E-state index in [1.54, 1.807) is 11.4 Å². The molecule has 0 fully saturated rings. The quantitative estimate of drug-likeness (QED) is 0.742. The highest BCUT2D eigenvalue weighted by Crippen LogP contribution is 2.29. The first kappa shape index (κ1) is 17.5. The molecular formula is C22H20N2O2S. The highest BCUT2D eigenvalue weighted by atomic mass is 32.1. The summed E-state index contributed by atoms with van der Waals surface area (Å²) in [6.07, 6.45) is 1.89. The number of fused-ring (bicyclic) bond motifs is 1. The number of rotatable bonds is 4. The molecule has 0 radical (unpaired) electrons. The topological polar surface area (TPSA) is 49.4 Å². The number of hydrogen-bond donors (Lipinski definition) is 1. The molecule has 1 aliphatic heterocycles. The van der Waals surface area contributed by atoms with Crippen molar-refractivity contribution in [2.45, 2.75) is 18.9 Å². The van der Waals surface area contributed by atoms with Crippen LogP contribution in [0.1, 0.15) is 33.9 Å². The predicted molar refractivity (Wildman–Crippen MR) is 108 cm³/mol. The van der Waals surface area contributed by atoms with E-state index in [0.29, 0.717) is 12.1 Å². The molecule has 5 heteroatoms. The van der Waals surface area contributed by atoms with Crippen molar-refractivity contribution < 1.29 is 9.59 Å². The second-order valence-electron chi connectivity index (χ2n) is 6.55. The van der Waals surface area contributed by atoms with Crippen molar-refractivity contribution in [1.82, 2.24) is 5.32 Å².